The summed E-state index contributed by atoms with van der Waals surface area (Å²) in [5, 5.41) is 12.2. The molecule has 3 nitrogen and oxygen atoms in total. The zero-order valence-electron chi connectivity index (χ0n) is 18.5. The molecule has 0 spiro atoms. The third-order valence-corrected chi connectivity index (χ3v) is 7.82. The zero-order chi connectivity index (χ0) is 22.0. The molecular formula is C27H29ClO3. The summed E-state index contributed by atoms with van der Waals surface area (Å²) >= 11 is 6.58. The SMILES string of the molecule is CCc1cc(C)cc(CC)c1C1=C(O)[C@H]2[C@@H](C1=O)[C@@H]1CC(c3ccc(C)cc3Cl)[C@H]2O1. The Hall–Kier alpha value is -2.10. The van der Waals surface area contributed by atoms with Gasteiger partial charge in [0, 0.05) is 10.9 Å². The topological polar surface area (TPSA) is 46.5 Å². The fourth-order valence-electron chi connectivity index (χ4n) is 6.16. The maximum absolute atomic E-state index is 13.6. The lowest BCUT2D eigenvalue weighted by Crippen LogP contribution is -2.33. The van der Waals surface area contributed by atoms with Gasteiger partial charge in [0.25, 0.3) is 0 Å². The maximum Gasteiger partial charge on any atom is 0.173 e. The van der Waals surface area contributed by atoms with E-state index in [2.05, 4.69) is 45.0 Å². The number of halogens is 1. The van der Waals surface area contributed by atoms with Crippen molar-refractivity contribution in [3.8, 4) is 0 Å². The van der Waals surface area contributed by atoms with Crippen LogP contribution in [0.2, 0.25) is 5.02 Å². The number of aryl methyl sites for hydroxylation is 4. The summed E-state index contributed by atoms with van der Waals surface area (Å²) in [4.78, 5) is 13.6. The van der Waals surface area contributed by atoms with Crippen LogP contribution in [0.5, 0.6) is 0 Å². The van der Waals surface area contributed by atoms with Crippen molar-refractivity contribution in [2.45, 2.75) is 65.1 Å². The van der Waals surface area contributed by atoms with Crippen LogP contribution in [0.3, 0.4) is 0 Å². The molecule has 2 aliphatic heterocycles. The summed E-state index contributed by atoms with van der Waals surface area (Å²) in [5.41, 5.74) is 7.15. The molecule has 31 heavy (non-hydrogen) atoms. The Labute approximate surface area is 189 Å². The number of hydrogen-bond acceptors (Lipinski definition) is 3. The molecule has 162 valence electrons. The van der Waals surface area contributed by atoms with E-state index in [1.165, 1.54) is 5.56 Å². The van der Waals surface area contributed by atoms with Crippen LogP contribution in [-0.2, 0) is 22.4 Å². The number of fused-ring (bicyclic) bond motifs is 5. The van der Waals surface area contributed by atoms with Gasteiger partial charge in [-0.05, 0) is 67.0 Å². The van der Waals surface area contributed by atoms with E-state index in [-0.39, 0.29) is 41.5 Å². The molecule has 0 aromatic heterocycles. The molecule has 1 aliphatic carbocycles. The number of benzene rings is 2. The van der Waals surface area contributed by atoms with Gasteiger partial charge in [0.05, 0.1) is 29.6 Å². The predicted octanol–water partition coefficient (Wildman–Crippen LogP) is 6.12. The first-order valence-corrected chi connectivity index (χ1v) is 11.7. The van der Waals surface area contributed by atoms with Crippen molar-refractivity contribution >= 4 is 23.0 Å². The highest BCUT2D eigenvalue weighted by atomic mass is 35.5. The second-order valence-corrected chi connectivity index (χ2v) is 9.75. The highest BCUT2D eigenvalue weighted by molar-refractivity contribution is 6.31. The molecule has 4 heteroatoms. The number of aliphatic hydroxyl groups excluding tert-OH is 1. The van der Waals surface area contributed by atoms with Gasteiger partial charge in [0.2, 0.25) is 0 Å². The third-order valence-electron chi connectivity index (χ3n) is 7.49. The molecule has 2 saturated heterocycles. The summed E-state index contributed by atoms with van der Waals surface area (Å²) in [6.07, 6.45) is 2.06. The molecule has 5 rings (SSSR count). The average molecular weight is 437 g/mol. The lowest BCUT2D eigenvalue weighted by atomic mass is 9.72. The van der Waals surface area contributed by atoms with Crippen molar-refractivity contribution in [1.29, 1.82) is 0 Å². The molecule has 2 heterocycles. The van der Waals surface area contributed by atoms with E-state index in [0.717, 1.165) is 52.1 Å². The van der Waals surface area contributed by atoms with Gasteiger partial charge in [-0.1, -0.05) is 55.3 Å². The average Bonchev–Trinajstić information content (AvgIpc) is 3.39. The van der Waals surface area contributed by atoms with E-state index < -0.39 is 0 Å². The van der Waals surface area contributed by atoms with Crippen LogP contribution in [0.25, 0.3) is 5.57 Å². The summed E-state index contributed by atoms with van der Waals surface area (Å²) in [6, 6.07) is 10.4. The fourth-order valence-corrected chi connectivity index (χ4v) is 6.54. The number of ether oxygens (including phenoxy) is 1. The van der Waals surface area contributed by atoms with E-state index in [1.807, 2.05) is 13.0 Å². The number of hydrogen-bond donors (Lipinski definition) is 1. The van der Waals surface area contributed by atoms with Crippen LogP contribution >= 0.6 is 11.6 Å². The van der Waals surface area contributed by atoms with Gasteiger partial charge >= 0.3 is 0 Å². The van der Waals surface area contributed by atoms with E-state index in [4.69, 9.17) is 16.3 Å². The van der Waals surface area contributed by atoms with Crippen molar-refractivity contribution in [3.05, 3.63) is 74.5 Å². The van der Waals surface area contributed by atoms with Gasteiger partial charge in [0.15, 0.2) is 5.78 Å². The number of carbonyl (C=O) groups excluding carboxylic acids is 1. The lowest BCUT2D eigenvalue weighted by Gasteiger charge is -2.28. The number of rotatable bonds is 4. The highest BCUT2D eigenvalue weighted by Gasteiger charge is 2.62. The molecule has 5 atom stereocenters. The summed E-state index contributed by atoms with van der Waals surface area (Å²) in [5.74, 6) is -0.182. The highest BCUT2D eigenvalue weighted by Crippen LogP contribution is 2.59. The van der Waals surface area contributed by atoms with Crippen LogP contribution in [0.15, 0.2) is 36.1 Å². The monoisotopic (exact) mass is 436 g/mol. The molecule has 2 aromatic rings. The van der Waals surface area contributed by atoms with Gasteiger partial charge < -0.3 is 9.84 Å². The first kappa shape index (κ1) is 20.8. The number of allylic oxidation sites excluding steroid dienone is 1. The van der Waals surface area contributed by atoms with Gasteiger partial charge in [-0.25, -0.2) is 0 Å². The Morgan fingerprint density at radius 1 is 1.03 bits per heavy atom. The number of Topliss-reactive ketones (excluding diaryl/α,β-unsaturated/α-hetero) is 1. The lowest BCUT2D eigenvalue weighted by molar-refractivity contribution is -0.118. The minimum Gasteiger partial charge on any atom is -0.511 e. The molecule has 2 aromatic carbocycles. The Balaban J connectivity index is 1.60. The van der Waals surface area contributed by atoms with E-state index in [9.17, 15) is 9.90 Å². The van der Waals surface area contributed by atoms with E-state index in [1.54, 1.807) is 0 Å². The molecule has 1 N–H and O–H groups in total. The molecule has 1 unspecified atom stereocenters. The maximum atomic E-state index is 13.6. The second-order valence-electron chi connectivity index (χ2n) is 9.35. The van der Waals surface area contributed by atoms with Crippen LogP contribution in [-0.4, -0.2) is 23.1 Å². The van der Waals surface area contributed by atoms with Gasteiger partial charge in [-0.15, -0.1) is 0 Å². The minimum atomic E-state index is -0.281. The summed E-state index contributed by atoms with van der Waals surface area (Å²) < 4.78 is 6.28. The number of carbonyl (C=O) groups is 1. The summed E-state index contributed by atoms with van der Waals surface area (Å²) in [7, 11) is 0. The van der Waals surface area contributed by atoms with E-state index >= 15 is 0 Å². The van der Waals surface area contributed by atoms with Crippen LogP contribution in [0.4, 0.5) is 0 Å². The standard InChI is InChI=1S/C27H29ClO3/c1-5-15-9-14(4)10-16(6-2)21(15)23-25(29)22-20-12-18(27(31-20)24(22)26(23)30)17-8-7-13(3)11-19(17)28/h7-11,18,20,22,24,27,30H,5-6,12H2,1-4H3/t18?,20-,22-,24+,27+/m0/s1. The van der Waals surface area contributed by atoms with Crippen LogP contribution in [0, 0.1) is 25.7 Å². The second kappa shape index (κ2) is 7.50. The molecule has 2 fully saturated rings. The quantitative estimate of drug-likeness (QED) is 0.627. The first-order valence-electron chi connectivity index (χ1n) is 11.4. The van der Waals surface area contributed by atoms with Crippen molar-refractivity contribution in [1.82, 2.24) is 0 Å². The van der Waals surface area contributed by atoms with Gasteiger partial charge in [-0.2, -0.15) is 0 Å². The van der Waals surface area contributed by atoms with Crippen molar-refractivity contribution < 1.29 is 14.6 Å². The Morgan fingerprint density at radius 3 is 2.32 bits per heavy atom. The Morgan fingerprint density at radius 2 is 1.71 bits per heavy atom. The van der Waals surface area contributed by atoms with Gasteiger partial charge in [0.1, 0.15) is 5.76 Å². The van der Waals surface area contributed by atoms with Crippen LogP contribution < -0.4 is 0 Å². The third kappa shape index (κ3) is 3.01. The normalized spacial score (nSPS) is 29.2. The molecule has 3 aliphatic rings. The molecular weight excluding hydrogens is 408 g/mol. The Kier molecular flexibility index (Phi) is 5.02. The Bertz CT molecular complexity index is 1090. The zero-order valence-corrected chi connectivity index (χ0v) is 19.3. The molecule has 0 saturated carbocycles. The van der Waals surface area contributed by atoms with E-state index in [0.29, 0.717) is 5.57 Å². The largest absolute Gasteiger partial charge is 0.511 e. The van der Waals surface area contributed by atoms with Gasteiger partial charge in [-0.3, -0.25) is 4.79 Å². The first-order chi connectivity index (χ1) is 14.8. The van der Waals surface area contributed by atoms with Crippen molar-refractivity contribution in [3.63, 3.8) is 0 Å². The predicted molar refractivity (Wildman–Crippen MR) is 124 cm³/mol. The molecule has 2 bridgehead atoms. The molecule has 0 radical (unpaired) electrons. The smallest absolute Gasteiger partial charge is 0.173 e. The molecule has 0 amide bonds. The number of aliphatic hydroxyl groups is 1. The van der Waals surface area contributed by atoms with Crippen molar-refractivity contribution in [2.75, 3.05) is 0 Å². The number of ketones is 1. The van der Waals surface area contributed by atoms with Crippen molar-refractivity contribution in [2.24, 2.45) is 11.8 Å². The van der Waals surface area contributed by atoms with Crippen LogP contribution in [0.1, 0.15) is 59.6 Å². The minimum absolute atomic E-state index is 0.0525. The summed E-state index contributed by atoms with van der Waals surface area (Å²) in [6.45, 7) is 8.33. The fraction of sp³-hybridized carbons (Fsp3) is 0.444.